The Balaban J connectivity index is 1.47. The second kappa shape index (κ2) is 8.84. The number of nitrogen functional groups attached to an aromatic ring is 1. The first kappa shape index (κ1) is 21.4. The van der Waals surface area contributed by atoms with Crippen molar-refractivity contribution < 1.29 is 4.79 Å². The van der Waals surface area contributed by atoms with Crippen LogP contribution < -0.4 is 21.7 Å². The molecule has 5 N–H and O–H groups in total. The van der Waals surface area contributed by atoms with Crippen molar-refractivity contribution in [2.24, 2.45) is 12.8 Å². The third-order valence-electron chi connectivity index (χ3n) is 6.09. The number of anilines is 3. The van der Waals surface area contributed by atoms with Gasteiger partial charge in [-0.3, -0.25) is 9.48 Å². The molecule has 9 heteroatoms. The Labute approximate surface area is 196 Å². The van der Waals surface area contributed by atoms with Gasteiger partial charge in [0.25, 0.3) is 5.91 Å². The summed E-state index contributed by atoms with van der Waals surface area (Å²) in [5.41, 5.74) is 15.9. The van der Waals surface area contributed by atoms with Gasteiger partial charge in [0.1, 0.15) is 16.3 Å². The molecule has 0 unspecified atom stereocenters. The lowest BCUT2D eigenvalue weighted by molar-refractivity contribution is 0.102. The Morgan fingerprint density at radius 1 is 1.15 bits per heavy atom. The first-order valence-electron chi connectivity index (χ1n) is 11.1. The molecule has 8 nitrogen and oxygen atoms in total. The monoisotopic (exact) mass is 461 g/mol. The average Bonchev–Trinajstić information content (AvgIpc) is 3.25. The first-order valence-corrected chi connectivity index (χ1v) is 11.9. The van der Waals surface area contributed by atoms with E-state index in [2.05, 4.69) is 15.3 Å². The molecule has 170 valence electrons. The number of aryl methyl sites for hydroxylation is 1. The van der Waals surface area contributed by atoms with Crippen molar-refractivity contribution >= 4 is 44.0 Å². The molecule has 0 radical (unpaired) electrons. The molecule has 3 aromatic heterocycles. The lowest BCUT2D eigenvalue weighted by Gasteiger charge is -2.24. The van der Waals surface area contributed by atoms with Gasteiger partial charge in [-0.25, -0.2) is 4.98 Å². The SMILES string of the molecule is Cn1ncc(NC(=O)c2c(N)sc3ccc(-c4ccccc4)nc23)c1N1CCC[C@@H](N)CC1. The molecule has 1 aliphatic heterocycles. The van der Waals surface area contributed by atoms with E-state index in [9.17, 15) is 4.79 Å². The molecule has 0 spiro atoms. The van der Waals surface area contributed by atoms with Crippen molar-refractivity contribution in [3.63, 3.8) is 0 Å². The van der Waals surface area contributed by atoms with Crippen molar-refractivity contribution in [3.8, 4) is 11.3 Å². The predicted molar refractivity (Wildman–Crippen MR) is 135 cm³/mol. The Bertz CT molecular complexity index is 1300. The maximum Gasteiger partial charge on any atom is 0.261 e. The van der Waals surface area contributed by atoms with Gasteiger partial charge in [0.15, 0.2) is 5.82 Å². The number of hydrogen-bond donors (Lipinski definition) is 3. The van der Waals surface area contributed by atoms with Gasteiger partial charge in [0.2, 0.25) is 0 Å². The largest absolute Gasteiger partial charge is 0.390 e. The Hall–Kier alpha value is -3.43. The molecule has 1 atom stereocenters. The molecule has 1 saturated heterocycles. The quantitative estimate of drug-likeness (QED) is 0.425. The Kier molecular flexibility index (Phi) is 5.74. The van der Waals surface area contributed by atoms with E-state index in [4.69, 9.17) is 16.5 Å². The van der Waals surface area contributed by atoms with E-state index < -0.39 is 0 Å². The molecular formula is C24H27N7OS. The van der Waals surface area contributed by atoms with Crippen LogP contribution in [0.15, 0.2) is 48.7 Å². The number of hydrogen-bond acceptors (Lipinski definition) is 7. The highest BCUT2D eigenvalue weighted by atomic mass is 32.1. The minimum atomic E-state index is -0.280. The van der Waals surface area contributed by atoms with Gasteiger partial charge in [-0.2, -0.15) is 5.10 Å². The predicted octanol–water partition coefficient (Wildman–Crippen LogP) is 3.85. The minimum Gasteiger partial charge on any atom is -0.390 e. The summed E-state index contributed by atoms with van der Waals surface area (Å²) < 4.78 is 2.68. The molecule has 1 amide bonds. The molecular weight excluding hydrogens is 434 g/mol. The number of carbonyl (C=O) groups is 1. The van der Waals surface area contributed by atoms with E-state index in [0.29, 0.717) is 21.8 Å². The van der Waals surface area contributed by atoms with Crippen LogP contribution >= 0.6 is 11.3 Å². The molecule has 0 saturated carbocycles. The highest BCUT2D eigenvalue weighted by Crippen LogP contribution is 2.35. The van der Waals surface area contributed by atoms with Crippen LogP contribution in [0.25, 0.3) is 21.5 Å². The summed E-state index contributed by atoms with van der Waals surface area (Å²) in [5.74, 6) is 0.603. The van der Waals surface area contributed by atoms with Crippen molar-refractivity contribution in [2.45, 2.75) is 25.3 Å². The summed E-state index contributed by atoms with van der Waals surface area (Å²) in [6.45, 7) is 1.71. The third kappa shape index (κ3) is 4.17. The lowest BCUT2D eigenvalue weighted by Crippen LogP contribution is -2.29. The highest BCUT2D eigenvalue weighted by Gasteiger charge is 2.24. The number of fused-ring (bicyclic) bond motifs is 1. The summed E-state index contributed by atoms with van der Waals surface area (Å²) >= 11 is 1.37. The molecule has 4 heterocycles. The number of aromatic nitrogens is 3. The number of nitrogens with one attached hydrogen (secondary N) is 1. The number of nitrogens with zero attached hydrogens (tertiary/aromatic N) is 4. The first-order chi connectivity index (χ1) is 16.0. The molecule has 5 rings (SSSR count). The van der Waals surface area contributed by atoms with E-state index in [0.717, 1.165) is 54.1 Å². The van der Waals surface area contributed by atoms with Gasteiger partial charge >= 0.3 is 0 Å². The van der Waals surface area contributed by atoms with Crippen LogP contribution in [0.3, 0.4) is 0 Å². The zero-order chi connectivity index (χ0) is 22.9. The van der Waals surface area contributed by atoms with Crippen LogP contribution in [0.1, 0.15) is 29.6 Å². The number of pyridine rings is 1. The normalized spacial score (nSPS) is 16.7. The number of thiophene rings is 1. The number of rotatable bonds is 4. The van der Waals surface area contributed by atoms with Crippen LogP contribution in [-0.4, -0.2) is 39.8 Å². The summed E-state index contributed by atoms with van der Waals surface area (Å²) in [7, 11) is 1.89. The van der Waals surface area contributed by atoms with Crippen molar-refractivity contribution in [2.75, 3.05) is 29.0 Å². The fraction of sp³-hybridized carbons (Fsp3) is 0.292. The third-order valence-corrected chi connectivity index (χ3v) is 7.06. The van der Waals surface area contributed by atoms with Crippen molar-refractivity contribution in [1.82, 2.24) is 14.8 Å². The van der Waals surface area contributed by atoms with Crippen LogP contribution in [0.2, 0.25) is 0 Å². The molecule has 0 aliphatic carbocycles. The summed E-state index contributed by atoms with van der Waals surface area (Å²) in [4.78, 5) is 20.5. The van der Waals surface area contributed by atoms with E-state index >= 15 is 0 Å². The van der Waals surface area contributed by atoms with Crippen LogP contribution in [0, 0.1) is 0 Å². The molecule has 1 aromatic carbocycles. The van der Waals surface area contributed by atoms with Gasteiger partial charge in [-0.05, 0) is 31.4 Å². The van der Waals surface area contributed by atoms with Crippen LogP contribution in [0.5, 0.6) is 0 Å². The Morgan fingerprint density at radius 3 is 2.79 bits per heavy atom. The zero-order valence-electron chi connectivity index (χ0n) is 18.5. The van der Waals surface area contributed by atoms with Crippen molar-refractivity contribution in [1.29, 1.82) is 0 Å². The molecule has 4 aromatic rings. The van der Waals surface area contributed by atoms with E-state index in [1.807, 2.05) is 49.5 Å². The van der Waals surface area contributed by atoms with Gasteiger partial charge < -0.3 is 21.7 Å². The van der Waals surface area contributed by atoms with E-state index in [-0.39, 0.29) is 11.9 Å². The van der Waals surface area contributed by atoms with Gasteiger partial charge in [-0.15, -0.1) is 11.3 Å². The topological polar surface area (TPSA) is 115 Å². The smallest absolute Gasteiger partial charge is 0.261 e. The average molecular weight is 462 g/mol. The summed E-state index contributed by atoms with van der Waals surface area (Å²) in [5, 5.41) is 7.90. The number of nitrogens with two attached hydrogens (primary N) is 2. The maximum atomic E-state index is 13.4. The molecule has 0 bridgehead atoms. The zero-order valence-corrected chi connectivity index (χ0v) is 19.3. The molecule has 1 fully saturated rings. The van der Waals surface area contributed by atoms with E-state index in [1.54, 1.807) is 10.9 Å². The highest BCUT2D eigenvalue weighted by molar-refractivity contribution is 7.23. The standard InChI is InChI=1S/C24H27N7OS/c1-30-24(31-12-5-8-16(25)11-13-31)18(14-27-30)29-23(32)20-21-19(33-22(20)26)10-9-17(28-21)15-6-3-2-4-7-15/h2-4,6-7,9-10,14,16H,5,8,11-13,25-26H2,1H3,(H,29,32)/t16-/m1/s1. The number of amides is 1. The summed E-state index contributed by atoms with van der Waals surface area (Å²) in [6, 6.07) is 14.0. The summed E-state index contributed by atoms with van der Waals surface area (Å²) in [6.07, 6.45) is 4.61. The van der Waals surface area contributed by atoms with Gasteiger partial charge in [0, 0.05) is 31.7 Å². The van der Waals surface area contributed by atoms with E-state index in [1.165, 1.54) is 11.3 Å². The van der Waals surface area contributed by atoms with Gasteiger partial charge in [-0.1, -0.05) is 30.3 Å². The van der Waals surface area contributed by atoms with Crippen molar-refractivity contribution in [3.05, 3.63) is 54.2 Å². The van der Waals surface area contributed by atoms with Gasteiger partial charge in [0.05, 0.1) is 22.1 Å². The second-order valence-electron chi connectivity index (χ2n) is 8.39. The maximum absolute atomic E-state index is 13.4. The fourth-order valence-electron chi connectivity index (χ4n) is 4.40. The molecule has 1 aliphatic rings. The van der Waals surface area contributed by atoms with Crippen LogP contribution in [0.4, 0.5) is 16.5 Å². The minimum absolute atomic E-state index is 0.211. The fourth-order valence-corrected chi connectivity index (χ4v) is 5.30. The number of benzene rings is 1. The number of carbonyl (C=O) groups excluding carboxylic acids is 1. The van der Waals surface area contributed by atoms with Crippen LogP contribution in [-0.2, 0) is 7.05 Å². The molecule has 33 heavy (non-hydrogen) atoms. The second-order valence-corrected chi connectivity index (χ2v) is 9.47. The lowest BCUT2D eigenvalue weighted by atomic mass is 10.1. The Morgan fingerprint density at radius 2 is 1.97 bits per heavy atom.